The second-order valence-corrected chi connectivity index (χ2v) is 4.33. The highest BCUT2D eigenvalue weighted by Gasteiger charge is 2.11. The molecule has 5 heteroatoms. The smallest absolute Gasteiger partial charge is 0.257 e. The molecule has 0 radical (unpaired) electrons. The zero-order valence-electron chi connectivity index (χ0n) is 10.9. The minimum absolute atomic E-state index is 0.187. The molecule has 0 atom stereocenters. The molecule has 3 aromatic rings. The molecule has 2 N–H and O–H groups in total. The standard InChI is InChI=1S/C15H13N3O2/c1-20-12-6-3-5-11(8-12)17-15(19)13-7-2-4-10-9-16-18-14(10)13/h2-9H,1H3,(H,16,18)(H,17,19). The van der Waals surface area contributed by atoms with Crippen molar-refractivity contribution in [3.63, 3.8) is 0 Å². The first kappa shape index (κ1) is 12.2. The lowest BCUT2D eigenvalue weighted by molar-refractivity contribution is 0.102. The molecule has 0 aliphatic carbocycles. The van der Waals surface area contributed by atoms with E-state index >= 15 is 0 Å². The molecule has 3 rings (SSSR count). The summed E-state index contributed by atoms with van der Waals surface area (Å²) >= 11 is 0. The molecular formula is C15H13N3O2. The number of amides is 1. The fourth-order valence-corrected chi connectivity index (χ4v) is 2.06. The van der Waals surface area contributed by atoms with E-state index < -0.39 is 0 Å². The van der Waals surface area contributed by atoms with Crippen molar-refractivity contribution in [3.8, 4) is 5.75 Å². The number of carbonyl (C=O) groups excluding carboxylic acids is 1. The number of para-hydroxylation sites is 1. The number of fused-ring (bicyclic) bond motifs is 1. The third kappa shape index (κ3) is 2.21. The van der Waals surface area contributed by atoms with Gasteiger partial charge in [0, 0.05) is 17.1 Å². The molecule has 20 heavy (non-hydrogen) atoms. The van der Waals surface area contributed by atoms with Crippen LogP contribution in [0.2, 0.25) is 0 Å². The van der Waals surface area contributed by atoms with Gasteiger partial charge in [-0.15, -0.1) is 0 Å². The summed E-state index contributed by atoms with van der Waals surface area (Å²) in [5.41, 5.74) is 1.97. The van der Waals surface area contributed by atoms with Gasteiger partial charge in [-0.25, -0.2) is 0 Å². The van der Waals surface area contributed by atoms with E-state index in [1.165, 1.54) is 0 Å². The first-order valence-electron chi connectivity index (χ1n) is 6.15. The molecule has 1 amide bonds. The molecule has 100 valence electrons. The molecule has 0 aliphatic heterocycles. The van der Waals surface area contributed by atoms with E-state index in [-0.39, 0.29) is 5.91 Å². The highest BCUT2D eigenvalue weighted by atomic mass is 16.5. The van der Waals surface area contributed by atoms with Gasteiger partial charge >= 0.3 is 0 Å². The lowest BCUT2D eigenvalue weighted by atomic mass is 10.1. The average molecular weight is 267 g/mol. The van der Waals surface area contributed by atoms with Crippen molar-refractivity contribution < 1.29 is 9.53 Å². The monoisotopic (exact) mass is 267 g/mol. The normalized spacial score (nSPS) is 10.4. The predicted octanol–water partition coefficient (Wildman–Crippen LogP) is 2.82. The van der Waals surface area contributed by atoms with Crippen molar-refractivity contribution in [2.45, 2.75) is 0 Å². The van der Waals surface area contributed by atoms with E-state index in [1.807, 2.05) is 30.3 Å². The van der Waals surface area contributed by atoms with Crippen molar-refractivity contribution in [2.24, 2.45) is 0 Å². The number of anilines is 1. The van der Waals surface area contributed by atoms with Gasteiger partial charge in [-0.1, -0.05) is 18.2 Å². The van der Waals surface area contributed by atoms with Gasteiger partial charge < -0.3 is 10.1 Å². The fraction of sp³-hybridized carbons (Fsp3) is 0.0667. The summed E-state index contributed by atoms with van der Waals surface area (Å²) in [4.78, 5) is 12.3. The van der Waals surface area contributed by atoms with Gasteiger partial charge in [0.25, 0.3) is 5.91 Å². The van der Waals surface area contributed by atoms with Gasteiger partial charge in [-0.2, -0.15) is 5.10 Å². The summed E-state index contributed by atoms with van der Waals surface area (Å²) in [6.07, 6.45) is 1.69. The Morgan fingerprint density at radius 1 is 1.25 bits per heavy atom. The Kier molecular flexibility index (Phi) is 3.09. The highest BCUT2D eigenvalue weighted by molar-refractivity contribution is 6.11. The number of H-pyrrole nitrogens is 1. The maximum Gasteiger partial charge on any atom is 0.257 e. The summed E-state index contributed by atoms with van der Waals surface area (Å²) < 4.78 is 5.13. The third-order valence-electron chi connectivity index (χ3n) is 3.05. The number of benzene rings is 2. The molecule has 0 saturated heterocycles. The Morgan fingerprint density at radius 2 is 2.10 bits per heavy atom. The number of carbonyl (C=O) groups is 1. The lowest BCUT2D eigenvalue weighted by Gasteiger charge is -2.07. The van der Waals surface area contributed by atoms with Crippen molar-refractivity contribution in [3.05, 3.63) is 54.2 Å². The van der Waals surface area contributed by atoms with Crippen LogP contribution in [0.3, 0.4) is 0 Å². The van der Waals surface area contributed by atoms with Crippen LogP contribution in [0.1, 0.15) is 10.4 Å². The van der Waals surface area contributed by atoms with Crippen molar-refractivity contribution in [2.75, 3.05) is 12.4 Å². The minimum atomic E-state index is -0.187. The number of nitrogens with zero attached hydrogens (tertiary/aromatic N) is 1. The largest absolute Gasteiger partial charge is 0.497 e. The first-order chi connectivity index (χ1) is 9.78. The summed E-state index contributed by atoms with van der Waals surface area (Å²) in [5.74, 6) is 0.510. The topological polar surface area (TPSA) is 67.0 Å². The van der Waals surface area contributed by atoms with Crippen LogP contribution in [-0.4, -0.2) is 23.2 Å². The Bertz CT molecular complexity index is 764. The highest BCUT2D eigenvalue weighted by Crippen LogP contribution is 2.20. The molecule has 0 fully saturated rings. The number of nitrogens with one attached hydrogen (secondary N) is 2. The minimum Gasteiger partial charge on any atom is -0.497 e. The second-order valence-electron chi connectivity index (χ2n) is 4.33. The molecule has 1 aromatic heterocycles. The molecule has 0 saturated carbocycles. The number of aromatic nitrogens is 2. The first-order valence-corrected chi connectivity index (χ1v) is 6.15. The van der Waals surface area contributed by atoms with Gasteiger partial charge in [-0.3, -0.25) is 9.89 Å². The number of hydrogen-bond donors (Lipinski definition) is 2. The maximum atomic E-state index is 12.3. The molecule has 5 nitrogen and oxygen atoms in total. The molecule has 2 aromatic carbocycles. The van der Waals surface area contributed by atoms with E-state index in [0.717, 1.165) is 10.9 Å². The molecule has 1 heterocycles. The van der Waals surface area contributed by atoms with Crippen LogP contribution in [0.4, 0.5) is 5.69 Å². The number of aromatic amines is 1. The number of methoxy groups -OCH3 is 1. The Morgan fingerprint density at radius 3 is 2.95 bits per heavy atom. The summed E-state index contributed by atoms with van der Waals surface area (Å²) in [6, 6.07) is 12.7. The van der Waals surface area contributed by atoms with Crippen LogP contribution >= 0.6 is 0 Å². The Labute approximate surface area is 115 Å². The van der Waals surface area contributed by atoms with Gasteiger partial charge in [0.2, 0.25) is 0 Å². The third-order valence-corrected chi connectivity index (χ3v) is 3.05. The van der Waals surface area contributed by atoms with E-state index in [0.29, 0.717) is 17.0 Å². The summed E-state index contributed by atoms with van der Waals surface area (Å²) in [5, 5.41) is 10.5. The van der Waals surface area contributed by atoms with Gasteiger partial charge in [0.05, 0.1) is 24.4 Å². The number of ether oxygens (including phenoxy) is 1. The maximum absolute atomic E-state index is 12.3. The fourth-order valence-electron chi connectivity index (χ4n) is 2.06. The van der Waals surface area contributed by atoms with Gasteiger partial charge in [0.15, 0.2) is 0 Å². The van der Waals surface area contributed by atoms with E-state index in [9.17, 15) is 4.79 Å². The Hall–Kier alpha value is -2.82. The van der Waals surface area contributed by atoms with E-state index in [2.05, 4.69) is 15.5 Å². The van der Waals surface area contributed by atoms with Crippen LogP contribution in [0.25, 0.3) is 10.9 Å². The van der Waals surface area contributed by atoms with Crippen LogP contribution in [0.15, 0.2) is 48.7 Å². The van der Waals surface area contributed by atoms with E-state index in [1.54, 1.807) is 25.4 Å². The van der Waals surface area contributed by atoms with Gasteiger partial charge in [0.1, 0.15) is 5.75 Å². The zero-order chi connectivity index (χ0) is 13.9. The van der Waals surface area contributed by atoms with Crippen LogP contribution in [-0.2, 0) is 0 Å². The Balaban J connectivity index is 1.91. The van der Waals surface area contributed by atoms with E-state index in [4.69, 9.17) is 4.74 Å². The molecule has 0 bridgehead atoms. The molecule has 0 spiro atoms. The van der Waals surface area contributed by atoms with Crippen LogP contribution < -0.4 is 10.1 Å². The predicted molar refractivity (Wildman–Crippen MR) is 77.0 cm³/mol. The molecule has 0 aliphatic rings. The van der Waals surface area contributed by atoms with Crippen molar-refractivity contribution in [1.29, 1.82) is 0 Å². The number of hydrogen-bond acceptors (Lipinski definition) is 3. The quantitative estimate of drug-likeness (QED) is 0.766. The van der Waals surface area contributed by atoms with Crippen molar-refractivity contribution >= 4 is 22.5 Å². The van der Waals surface area contributed by atoms with Crippen LogP contribution in [0, 0.1) is 0 Å². The summed E-state index contributed by atoms with van der Waals surface area (Å²) in [6.45, 7) is 0. The second kappa shape index (κ2) is 5.05. The number of rotatable bonds is 3. The zero-order valence-corrected chi connectivity index (χ0v) is 10.9. The van der Waals surface area contributed by atoms with Crippen molar-refractivity contribution in [1.82, 2.24) is 10.2 Å². The lowest BCUT2D eigenvalue weighted by Crippen LogP contribution is -2.12. The molecule has 0 unspecified atom stereocenters. The SMILES string of the molecule is COc1cccc(NC(=O)c2cccc3cn[nH]c23)c1. The summed E-state index contributed by atoms with van der Waals surface area (Å²) in [7, 11) is 1.59. The van der Waals surface area contributed by atoms with Gasteiger partial charge in [-0.05, 0) is 18.2 Å². The van der Waals surface area contributed by atoms with Crippen LogP contribution in [0.5, 0.6) is 5.75 Å². The molecular weight excluding hydrogens is 254 g/mol. The average Bonchev–Trinajstić information content (AvgIpc) is 2.95.